The van der Waals surface area contributed by atoms with Crippen LogP contribution in [0.1, 0.15) is 31.9 Å². The van der Waals surface area contributed by atoms with Gasteiger partial charge in [-0.25, -0.2) is 0 Å². The molecule has 2 amide bonds. The van der Waals surface area contributed by atoms with Gasteiger partial charge in [-0.1, -0.05) is 71.2 Å². The van der Waals surface area contributed by atoms with Crippen LogP contribution in [0.4, 0.5) is 0 Å². The second kappa shape index (κ2) is 12.7. The summed E-state index contributed by atoms with van der Waals surface area (Å²) >= 11 is 17.4. The lowest BCUT2D eigenvalue weighted by Gasteiger charge is -2.29. The predicted octanol–water partition coefficient (Wildman–Crippen LogP) is 6.18. The second-order valence-corrected chi connectivity index (χ2v) is 10.4. The Labute approximate surface area is 207 Å². The summed E-state index contributed by atoms with van der Waals surface area (Å²) in [5.41, 5.74) is 1.76. The monoisotopic (exact) mass is 544 g/mol. The lowest BCUT2D eigenvalue weighted by Crippen LogP contribution is -2.48. The largest absolute Gasteiger partial charge is 0.354 e. The van der Waals surface area contributed by atoms with E-state index in [-0.39, 0.29) is 17.6 Å². The van der Waals surface area contributed by atoms with Crippen molar-refractivity contribution in [2.24, 2.45) is 5.92 Å². The minimum absolute atomic E-state index is 0.111. The summed E-state index contributed by atoms with van der Waals surface area (Å²) in [7, 11) is 0. The predicted molar refractivity (Wildman–Crippen MR) is 135 cm³/mol. The molecule has 1 atom stereocenters. The molecule has 0 saturated heterocycles. The number of thioether (sulfide) groups is 1. The number of carbonyl (C=O) groups is 2. The fourth-order valence-corrected chi connectivity index (χ4v) is 4.95. The first kappa shape index (κ1) is 26.0. The molecule has 2 aromatic rings. The molecule has 0 aromatic heterocycles. The molecule has 0 aliphatic heterocycles. The smallest absolute Gasteiger partial charge is 0.242 e. The highest BCUT2D eigenvalue weighted by molar-refractivity contribution is 9.10. The quantitative estimate of drug-likeness (QED) is 0.388. The molecule has 0 radical (unpaired) electrons. The van der Waals surface area contributed by atoms with E-state index in [1.54, 1.807) is 30.0 Å². The Morgan fingerprint density at radius 2 is 1.74 bits per heavy atom. The minimum Gasteiger partial charge on any atom is -0.354 e. The molecule has 168 valence electrons. The number of nitrogens with one attached hydrogen (secondary N) is 1. The highest BCUT2D eigenvalue weighted by Gasteiger charge is 2.26. The summed E-state index contributed by atoms with van der Waals surface area (Å²) in [6.45, 7) is 6.75. The van der Waals surface area contributed by atoms with Gasteiger partial charge in [0.1, 0.15) is 6.04 Å². The number of hydrogen-bond acceptors (Lipinski definition) is 3. The third kappa shape index (κ3) is 8.33. The molecule has 8 heteroatoms. The molecular weight excluding hydrogens is 519 g/mol. The third-order valence-electron chi connectivity index (χ3n) is 4.63. The van der Waals surface area contributed by atoms with Gasteiger partial charge in [0, 0.05) is 33.4 Å². The van der Waals surface area contributed by atoms with E-state index in [4.69, 9.17) is 23.2 Å². The fourth-order valence-electron chi connectivity index (χ4n) is 2.86. The molecule has 31 heavy (non-hydrogen) atoms. The van der Waals surface area contributed by atoms with E-state index in [0.29, 0.717) is 34.8 Å². The van der Waals surface area contributed by atoms with Crippen molar-refractivity contribution in [3.8, 4) is 0 Å². The average Bonchev–Trinajstić information content (AvgIpc) is 2.71. The van der Waals surface area contributed by atoms with E-state index in [1.165, 1.54) is 11.8 Å². The molecule has 0 spiro atoms. The summed E-state index contributed by atoms with van der Waals surface area (Å²) in [5.74, 6) is 0.804. The highest BCUT2D eigenvalue weighted by atomic mass is 79.9. The number of halogens is 3. The van der Waals surface area contributed by atoms with E-state index < -0.39 is 6.04 Å². The standard InChI is InChI=1S/C23H27BrCl2N2O2S/c1-15(2)11-27-23(30)16(3)28(12-17-6-4-7-18(24)10-17)22(29)14-31-13-19-20(25)8-5-9-21(19)26/h4-10,15-16H,11-14H2,1-3H3,(H,27,30). The van der Waals surface area contributed by atoms with Crippen molar-refractivity contribution < 1.29 is 9.59 Å². The van der Waals surface area contributed by atoms with Gasteiger partial charge in [-0.2, -0.15) is 0 Å². The van der Waals surface area contributed by atoms with Crippen LogP contribution in [0.2, 0.25) is 10.0 Å². The number of hydrogen-bond donors (Lipinski definition) is 1. The van der Waals surface area contributed by atoms with E-state index in [0.717, 1.165) is 15.6 Å². The molecule has 0 saturated carbocycles. The van der Waals surface area contributed by atoms with Crippen molar-refractivity contribution in [2.45, 2.75) is 39.1 Å². The molecule has 1 unspecified atom stereocenters. The highest BCUT2D eigenvalue weighted by Crippen LogP contribution is 2.28. The Hall–Kier alpha value is -1.21. The Morgan fingerprint density at radius 1 is 1.10 bits per heavy atom. The van der Waals surface area contributed by atoms with Crippen molar-refractivity contribution in [1.29, 1.82) is 0 Å². The first-order chi connectivity index (χ1) is 14.7. The van der Waals surface area contributed by atoms with Crippen molar-refractivity contribution in [3.05, 3.63) is 68.1 Å². The van der Waals surface area contributed by atoms with Crippen LogP contribution in [0.5, 0.6) is 0 Å². The Kier molecular flexibility index (Phi) is 10.7. The molecule has 1 N–H and O–H groups in total. The van der Waals surface area contributed by atoms with Gasteiger partial charge in [0.15, 0.2) is 0 Å². The van der Waals surface area contributed by atoms with Gasteiger partial charge in [-0.15, -0.1) is 11.8 Å². The first-order valence-corrected chi connectivity index (χ1v) is 12.7. The Morgan fingerprint density at radius 3 is 2.35 bits per heavy atom. The Bertz CT molecular complexity index is 891. The number of benzene rings is 2. The maximum Gasteiger partial charge on any atom is 0.242 e. The molecule has 0 heterocycles. The molecule has 2 aromatic carbocycles. The molecule has 0 aliphatic rings. The van der Waals surface area contributed by atoms with Crippen molar-refractivity contribution >= 4 is 62.7 Å². The molecule has 0 fully saturated rings. The van der Waals surface area contributed by atoms with Gasteiger partial charge < -0.3 is 10.2 Å². The SMILES string of the molecule is CC(C)CNC(=O)C(C)N(Cc1cccc(Br)c1)C(=O)CSCc1c(Cl)cccc1Cl. The maximum atomic E-state index is 13.1. The number of nitrogens with zero attached hydrogens (tertiary/aromatic N) is 1. The summed E-state index contributed by atoms with van der Waals surface area (Å²) in [6, 6.07) is 12.5. The Balaban J connectivity index is 2.10. The van der Waals surface area contributed by atoms with Gasteiger partial charge in [-0.05, 0) is 48.2 Å². The third-order valence-corrected chi connectivity index (χ3v) is 6.77. The lowest BCUT2D eigenvalue weighted by atomic mass is 10.1. The van der Waals surface area contributed by atoms with Gasteiger partial charge in [0.05, 0.1) is 5.75 Å². The van der Waals surface area contributed by atoms with Crippen LogP contribution in [-0.2, 0) is 21.9 Å². The lowest BCUT2D eigenvalue weighted by molar-refractivity contribution is -0.138. The topological polar surface area (TPSA) is 49.4 Å². The van der Waals surface area contributed by atoms with Gasteiger partial charge in [-0.3, -0.25) is 9.59 Å². The van der Waals surface area contributed by atoms with Crippen LogP contribution >= 0.6 is 50.9 Å². The van der Waals surface area contributed by atoms with Crippen molar-refractivity contribution in [3.63, 3.8) is 0 Å². The van der Waals surface area contributed by atoms with E-state index >= 15 is 0 Å². The average molecular weight is 546 g/mol. The zero-order valence-corrected chi connectivity index (χ0v) is 21.7. The molecule has 2 rings (SSSR count). The van der Waals surface area contributed by atoms with Crippen LogP contribution in [0.15, 0.2) is 46.9 Å². The minimum atomic E-state index is -0.588. The fraction of sp³-hybridized carbons (Fsp3) is 0.391. The van der Waals surface area contributed by atoms with E-state index in [1.807, 2.05) is 38.1 Å². The molecule has 4 nitrogen and oxygen atoms in total. The van der Waals surface area contributed by atoms with Crippen molar-refractivity contribution in [1.82, 2.24) is 10.2 Å². The van der Waals surface area contributed by atoms with Crippen LogP contribution in [0.3, 0.4) is 0 Å². The number of carbonyl (C=O) groups excluding carboxylic acids is 2. The van der Waals surface area contributed by atoms with Crippen LogP contribution in [0, 0.1) is 5.92 Å². The van der Waals surface area contributed by atoms with Gasteiger partial charge in [0.25, 0.3) is 0 Å². The van der Waals surface area contributed by atoms with Gasteiger partial charge >= 0.3 is 0 Å². The summed E-state index contributed by atoms with van der Waals surface area (Å²) in [4.78, 5) is 27.4. The maximum absolute atomic E-state index is 13.1. The molecule has 0 aliphatic carbocycles. The summed E-state index contributed by atoms with van der Waals surface area (Å²) in [5, 5.41) is 4.09. The summed E-state index contributed by atoms with van der Waals surface area (Å²) < 4.78 is 0.928. The summed E-state index contributed by atoms with van der Waals surface area (Å²) in [6.07, 6.45) is 0. The van der Waals surface area contributed by atoms with E-state index in [9.17, 15) is 9.59 Å². The zero-order valence-electron chi connectivity index (χ0n) is 17.8. The first-order valence-electron chi connectivity index (χ1n) is 10.0. The van der Waals surface area contributed by atoms with Gasteiger partial charge in [0.2, 0.25) is 11.8 Å². The van der Waals surface area contributed by atoms with Crippen LogP contribution in [-0.4, -0.2) is 35.1 Å². The van der Waals surface area contributed by atoms with Crippen LogP contribution in [0.25, 0.3) is 0 Å². The van der Waals surface area contributed by atoms with Crippen molar-refractivity contribution in [2.75, 3.05) is 12.3 Å². The van der Waals surface area contributed by atoms with Crippen LogP contribution < -0.4 is 5.32 Å². The normalized spacial score (nSPS) is 12.0. The second-order valence-electron chi connectivity index (χ2n) is 7.66. The number of rotatable bonds is 10. The molecular formula is C23H27BrCl2N2O2S. The molecule has 0 bridgehead atoms. The number of amides is 2. The zero-order chi connectivity index (χ0) is 23.0. The van der Waals surface area contributed by atoms with E-state index in [2.05, 4.69) is 21.2 Å².